The first kappa shape index (κ1) is 9.62. The van der Waals surface area contributed by atoms with Gasteiger partial charge in [-0.3, -0.25) is 0 Å². The van der Waals surface area contributed by atoms with E-state index >= 15 is 0 Å². The second-order valence-electron chi connectivity index (χ2n) is 3.48. The summed E-state index contributed by atoms with van der Waals surface area (Å²) in [5.41, 5.74) is 9.28. The van der Waals surface area contributed by atoms with Crippen LogP contribution in [-0.2, 0) is 19.3 Å². The molecule has 0 radical (unpaired) electrons. The number of hydrogen-bond acceptors (Lipinski definition) is 2. The van der Waals surface area contributed by atoms with Crippen LogP contribution in [-0.4, -0.2) is 4.57 Å². The van der Waals surface area contributed by atoms with Gasteiger partial charge in [-0.25, -0.2) is 0 Å². The highest BCUT2D eigenvalue weighted by Gasteiger charge is 2.04. The highest BCUT2D eigenvalue weighted by molar-refractivity contribution is 7.79. The van der Waals surface area contributed by atoms with Gasteiger partial charge in [-0.05, 0) is 17.2 Å². The summed E-state index contributed by atoms with van der Waals surface area (Å²) in [5, 5.41) is 1.28. The first-order valence-electron chi connectivity index (χ1n) is 4.64. The summed E-state index contributed by atoms with van der Waals surface area (Å²) in [6.07, 6.45) is 2.12. The fourth-order valence-electron chi connectivity index (χ4n) is 1.77. The highest BCUT2D eigenvalue weighted by Crippen LogP contribution is 2.22. The van der Waals surface area contributed by atoms with E-state index in [9.17, 15) is 0 Å². The van der Waals surface area contributed by atoms with Gasteiger partial charge in [0.15, 0.2) is 0 Å². The number of hydrogen-bond donors (Lipinski definition) is 2. The molecule has 0 amide bonds. The van der Waals surface area contributed by atoms with E-state index in [-0.39, 0.29) is 0 Å². The number of fused-ring (bicyclic) bond motifs is 1. The molecule has 1 aromatic heterocycles. The normalized spacial score (nSPS) is 11.1. The highest BCUT2D eigenvalue weighted by atomic mass is 32.1. The second-order valence-corrected chi connectivity index (χ2v) is 3.80. The number of nitrogens with zero attached hydrogens (tertiary/aromatic N) is 1. The summed E-state index contributed by atoms with van der Waals surface area (Å²) in [4.78, 5) is 0. The third kappa shape index (κ3) is 1.42. The molecule has 0 bridgehead atoms. The second kappa shape index (κ2) is 3.67. The first-order chi connectivity index (χ1) is 6.76. The molecular weight excluding hydrogens is 192 g/mol. The van der Waals surface area contributed by atoms with Crippen LogP contribution in [0.4, 0.5) is 0 Å². The van der Waals surface area contributed by atoms with Crippen LogP contribution in [0.1, 0.15) is 11.1 Å². The molecule has 3 heteroatoms. The van der Waals surface area contributed by atoms with E-state index in [1.54, 1.807) is 0 Å². The SMILES string of the molecule is Cn1cc(CS)c2ccc(CN)cc21. The van der Waals surface area contributed by atoms with Crippen molar-refractivity contribution in [1.29, 1.82) is 0 Å². The topological polar surface area (TPSA) is 30.9 Å². The fraction of sp³-hybridized carbons (Fsp3) is 0.273. The van der Waals surface area contributed by atoms with Crippen molar-refractivity contribution in [2.75, 3.05) is 0 Å². The van der Waals surface area contributed by atoms with Crippen molar-refractivity contribution in [3.63, 3.8) is 0 Å². The monoisotopic (exact) mass is 206 g/mol. The van der Waals surface area contributed by atoms with Gasteiger partial charge in [0, 0.05) is 36.4 Å². The lowest BCUT2D eigenvalue weighted by atomic mass is 10.1. The van der Waals surface area contributed by atoms with Gasteiger partial charge in [0.2, 0.25) is 0 Å². The molecule has 2 nitrogen and oxygen atoms in total. The predicted octanol–water partition coefficient (Wildman–Crippen LogP) is 2.07. The molecule has 0 atom stereocenters. The Morgan fingerprint density at radius 1 is 1.43 bits per heavy atom. The molecule has 1 aromatic carbocycles. The van der Waals surface area contributed by atoms with Gasteiger partial charge < -0.3 is 10.3 Å². The maximum absolute atomic E-state index is 5.61. The van der Waals surface area contributed by atoms with Crippen molar-refractivity contribution in [3.8, 4) is 0 Å². The smallest absolute Gasteiger partial charge is 0.0484 e. The Labute approximate surface area is 89.1 Å². The fourth-order valence-corrected chi connectivity index (χ4v) is 2.02. The first-order valence-corrected chi connectivity index (χ1v) is 5.27. The Bertz CT molecular complexity index is 460. The number of aryl methyl sites for hydroxylation is 1. The average molecular weight is 206 g/mol. The van der Waals surface area contributed by atoms with E-state index < -0.39 is 0 Å². The van der Waals surface area contributed by atoms with Crippen LogP contribution in [0.3, 0.4) is 0 Å². The number of benzene rings is 1. The van der Waals surface area contributed by atoms with E-state index in [1.165, 1.54) is 22.0 Å². The van der Waals surface area contributed by atoms with Gasteiger partial charge in [0.1, 0.15) is 0 Å². The van der Waals surface area contributed by atoms with E-state index in [4.69, 9.17) is 5.73 Å². The summed E-state index contributed by atoms with van der Waals surface area (Å²) in [5.74, 6) is 0.777. The molecule has 2 rings (SSSR count). The van der Waals surface area contributed by atoms with Crippen LogP contribution >= 0.6 is 12.6 Å². The molecule has 2 aromatic rings. The van der Waals surface area contributed by atoms with Gasteiger partial charge in [-0.1, -0.05) is 12.1 Å². The minimum absolute atomic E-state index is 0.595. The number of thiol groups is 1. The maximum atomic E-state index is 5.61. The Morgan fingerprint density at radius 2 is 2.21 bits per heavy atom. The van der Waals surface area contributed by atoms with Crippen molar-refractivity contribution in [1.82, 2.24) is 4.57 Å². The molecule has 0 unspecified atom stereocenters. The average Bonchev–Trinajstić information content (AvgIpc) is 2.55. The summed E-state index contributed by atoms with van der Waals surface area (Å²) in [7, 11) is 2.05. The van der Waals surface area contributed by atoms with Crippen LogP contribution < -0.4 is 5.73 Å². The van der Waals surface area contributed by atoms with Crippen LogP contribution in [0.15, 0.2) is 24.4 Å². The van der Waals surface area contributed by atoms with Gasteiger partial charge >= 0.3 is 0 Å². The molecular formula is C11H14N2S. The number of nitrogens with two attached hydrogens (primary N) is 1. The standard InChI is InChI=1S/C11H14N2S/c1-13-6-9(7-14)10-3-2-8(5-12)4-11(10)13/h2-4,6,14H,5,7,12H2,1H3. The van der Waals surface area contributed by atoms with Crippen LogP contribution in [0.2, 0.25) is 0 Å². The predicted molar refractivity (Wildman–Crippen MR) is 63.5 cm³/mol. The van der Waals surface area contributed by atoms with E-state index in [2.05, 4.69) is 48.6 Å². The summed E-state index contributed by atoms with van der Waals surface area (Å²) in [6.45, 7) is 0.595. The summed E-state index contributed by atoms with van der Waals surface area (Å²) in [6, 6.07) is 6.35. The van der Waals surface area contributed by atoms with E-state index in [1.807, 2.05) is 0 Å². The van der Waals surface area contributed by atoms with Crippen molar-refractivity contribution < 1.29 is 0 Å². The lowest BCUT2D eigenvalue weighted by Crippen LogP contribution is -1.96. The largest absolute Gasteiger partial charge is 0.350 e. The molecule has 74 valence electrons. The van der Waals surface area contributed by atoms with Gasteiger partial charge in [0.05, 0.1) is 0 Å². The lowest BCUT2D eigenvalue weighted by Gasteiger charge is -1.99. The molecule has 14 heavy (non-hydrogen) atoms. The van der Waals surface area contributed by atoms with Crippen LogP contribution in [0, 0.1) is 0 Å². The van der Waals surface area contributed by atoms with Crippen molar-refractivity contribution in [2.45, 2.75) is 12.3 Å². The molecule has 0 aliphatic rings. The van der Waals surface area contributed by atoms with Crippen molar-refractivity contribution in [3.05, 3.63) is 35.5 Å². The molecule has 0 fully saturated rings. The van der Waals surface area contributed by atoms with Crippen molar-refractivity contribution in [2.24, 2.45) is 12.8 Å². The Morgan fingerprint density at radius 3 is 2.86 bits per heavy atom. The minimum atomic E-state index is 0.595. The molecule has 1 heterocycles. The summed E-state index contributed by atoms with van der Waals surface area (Å²) < 4.78 is 2.13. The molecule has 0 aliphatic carbocycles. The molecule has 0 spiro atoms. The zero-order chi connectivity index (χ0) is 10.1. The van der Waals surface area contributed by atoms with Gasteiger partial charge in [-0.2, -0.15) is 12.6 Å². The van der Waals surface area contributed by atoms with Crippen molar-refractivity contribution >= 4 is 23.5 Å². The van der Waals surface area contributed by atoms with E-state index in [0.717, 1.165) is 5.75 Å². The molecule has 2 N–H and O–H groups in total. The third-order valence-corrected chi connectivity index (χ3v) is 2.88. The molecule has 0 saturated carbocycles. The maximum Gasteiger partial charge on any atom is 0.0484 e. The lowest BCUT2D eigenvalue weighted by molar-refractivity contribution is 0.959. The quantitative estimate of drug-likeness (QED) is 0.724. The number of aromatic nitrogens is 1. The minimum Gasteiger partial charge on any atom is -0.350 e. The van der Waals surface area contributed by atoms with Crippen LogP contribution in [0.5, 0.6) is 0 Å². The Kier molecular flexibility index (Phi) is 2.52. The molecule has 0 aliphatic heterocycles. The van der Waals surface area contributed by atoms with Crippen LogP contribution in [0.25, 0.3) is 10.9 Å². The zero-order valence-corrected chi connectivity index (χ0v) is 9.09. The van der Waals surface area contributed by atoms with Gasteiger partial charge in [-0.15, -0.1) is 0 Å². The molecule has 0 saturated heterocycles. The number of rotatable bonds is 2. The van der Waals surface area contributed by atoms with Gasteiger partial charge in [0.25, 0.3) is 0 Å². The van der Waals surface area contributed by atoms with E-state index in [0.29, 0.717) is 6.54 Å². The third-order valence-electron chi connectivity index (χ3n) is 2.54. The Hall–Kier alpha value is -0.930. The zero-order valence-electron chi connectivity index (χ0n) is 8.20. The summed E-state index contributed by atoms with van der Waals surface area (Å²) >= 11 is 4.31. The Balaban J connectivity index is 2.70.